The molecular formula is C26H22BrFN4O7. The lowest BCUT2D eigenvalue weighted by molar-refractivity contribution is -0.139. The smallest absolute Gasteiger partial charge is 0.329 e. The average Bonchev–Trinajstić information content (AvgIpc) is 3.40. The van der Waals surface area contributed by atoms with Crippen molar-refractivity contribution in [2.75, 3.05) is 25.8 Å². The van der Waals surface area contributed by atoms with Gasteiger partial charge >= 0.3 is 11.8 Å². The summed E-state index contributed by atoms with van der Waals surface area (Å²) in [6, 6.07) is 14.1. The third kappa shape index (κ3) is 7.45. The number of carbonyl (C=O) groups excluding carboxylic acids is 3. The molecule has 39 heavy (non-hydrogen) atoms. The third-order valence-corrected chi connectivity index (χ3v) is 5.72. The van der Waals surface area contributed by atoms with Crippen molar-refractivity contribution < 1.29 is 37.7 Å². The van der Waals surface area contributed by atoms with Gasteiger partial charge in [0.2, 0.25) is 6.79 Å². The van der Waals surface area contributed by atoms with E-state index in [0.717, 1.165) is 5.56 Å². The standard InChI is InChI=1S/C26H22BrFN4O7/c1-36-22-8-16(3-6-20(22)37-13-24(33)31-19-5-4-17(27)10-18(19)28)12-30-32-26(35)25(34)29-11-15-2-7-21-23(9-15)39-14-38-21/h2-10,12H,11,13-14H2,1H3,(H,29,34)(H,31,33)(H,32,35)/b30-12-. The van der Waals surface area contributed by atoms with E-state index in [1.807, 2.05) is 0 Å². The van der Waals surface area contributed by atoms with Gasteiger partial charge in [-0.05, 0) is 59.7 Å². The van der Waals surface area contributed by atoms with Gasteiger partial charge in [-0.15, -0.1) is 0 Å². The Morgan fingerprint density at radius 3 is 2.64 bits per heavy atom. The number of benzene rings is 3. The van der Waals surface area contributed by atoms with Crippen molar-refractivity contribution in [2.45, 2.75) is 6.54 Å². The van der Waals surface area contributed by atoms with Crippen molar-refractivity contribution in [2.24, 2.45) is 5.10 Å². The highest BCUT2D eigenvalue weighted by Gasteiger charge is 2.16. The van der Waals surface area contributed by atoms with Gasteiger partial charge in [-0.1, -0.05) is 22.0 Å². The van der Waals surface area contributed by atoms with E-state index in [2.05, 4.69) is 37.1 Å². The summed E-state index contributed by atoms with van der Waals surface area (Å²) in [4.78, 5) is 36.3. The van der Waals surface area contributed by atoms with Crippen LogP contribution in [-0.4, -0.2) is 44.4 Å². The molecule has 3 aromatic carbocycles. The van der Waals surface area contributed by atoms with E-state index in [9.17, 15) is 18.8 Å². The van der Waals surface area contributed by atoms with Gasteiger partial charge in [0, 0.05) is 11.0 Å². The van der Waals surface area contributed by atoms with Crippen molar-refractivity contribution in [1.82, 2.24) is 10.7 Å². The van der Waals surface area contributed by atoms with Gasteiger partial charge in [-0.2, -0.15) is 5.10 Å². The molecule has 11 nitrogen and oxygen atoms in total. The van der Waals surface area contributed by atoms with Crippen molar-refractivity contribution in [3.05, 3.63) is 76.0 Å². The van der Waals surface area contributed by atoms with E-state index in [1.165, 1.54) is 31.5 Å². The summed E-state index contributed by atoms with van der Waals surface area (Å²) in [5.74, 6) is -1.24. The van der Waals surface area contributed by atoms with Crippen LogP contribution in [0.25, 0.3) is 0 Å². The first-order valence-corrected chi connectivity index (χ1v) is 12.2. The Balaban J connectivity index is 1.25. The average molecular weight is 601 g/mol. The van der Waals surface area contributed by atoms with Gasteiger partial charge in [-0.25, -0.2) is 9.82 Å². The molecule has 3 aromatic rings. The number of fused-ring (bicyclic) bond motifs is 1. The number of hydrazone groups is 1. The number of nitrogens with one attached hydrogen (secondary N) is 3. The van der Waals surface area contributed by atoms with Gasteiger partial charge in [0.1, 0.15) is 5.82 Å². The molecule has 0 fully saturated rings. The zero-order chi connectivity index (χ0) is 27.8. The molecule has 3 amide bonds. The van der Waals surface area contributed by atoms with Gasteiger partial charge in [0.25, 0.3) is 5.91 Å². The molecule has 0 aliphatic carbocycles. The number of anilines is 1. The second kappa shape index (κ2) is 12.7. The van der Waals surface area contributed by atoms with E-state index in [1.54, 1.807) is 36.4 Å². The molecule has 0 spiro atoms. The maximum atomic E-state index is 13.9. The molecular weight excluding hydrogens is 579 g/mol. The quantitative estimate of drug-likeness (QED) is 0.195. The van der Waals surface area contributed by atoms with Crippen LogP contribution in [0, 0.1) is 5.82 Å². The number of ether oxygens (including phenoxy) is 4. The molecule has 0 unspecified atom stereocenters. The minimum atomic E-state index is -0.952. The van der Waals surface area contributed by atoms with E-state index < -0.39 is 30.1 Å². The number of hydrogen-bond acceptors (Lipinski definition) is 8. The summed E-state index contributed by atoms with van der Waals surface area (Å²) >= 11 is 3.15. The monoisotopic (exact) mass is 600 g/mol. The van der Waals surface area contributed by atoms with Crippen molar-refractivity contribution in [3.8, 4) is 23.0 Å². The Kier molecular flexibility index (Phi) is 8.94. The Bertz CT molecular complexity index is 1430. The number of amides is 3. The van der Waals surface area contributed by atoms with Gasteiger partial charge < -0.3 is 29.6 Å². The fraction of sp³-hybridized carbons (Fsp3) is 0.154. The Morgan fingerprint density at radius 1 is 1.03 bits per heavy atom. The van der Waals surface area contributed by atoms with Crippen LogP contribution in [0.5, 0.6) is 23.0 Å². The van der Waals surface area contributed by atoms with E-state index in [4.69, 9.17) is 18.9 Å². The lowest BCUT2D eigenvalue weighted by atomic mass is 10.2. The van der Waals surface area contributed by atoms with Gasteiger partial charge in [-0.3, -0.25) is 14.4 Å². The zero-order valence-electron chi connectivity index (χ0n) is 20.5. The van der Waals surface area contributed by atoms with Crippen LogP contribution in [0.3, 0.4) is 0 Å². The first-order valence-electron chi connectivity index (χ1n) is 11.4. The lowest BCUT2D eigenvalue weighted by Crippen LogP contribution is -2.37. The van der Waals surface area contributed by atoms with Crippen LogP contribution in [0.15, 0.2) is 64.2 Å². The number of hydrogen-bond donors (Lipinski definition) is 3. The minimum Gasteiger partial charge on any atom is -0.493 e. The number of nitrogens with zero attached hydrogens (tertiary/aromatic N) is 1. The van der Waals surface area contributed by atoms with Gasteiger partial charge in [0.05, 0.1) is 19.0 Å². The molecule has 0 atom stereocenters. The molecule has 1 heterocycles. The summed E-state index contributed by atoms with van der Waals surface area (Å²) in [5.41, 5.74) is 3.42. The molecule has 0 bridgehead atoms. The highest BCUT2D eigenvalue weighted by atomic mass is 79.9. The highest BCUT2D eigenvalue weighted by molar-refractivity contribution is 9.10. The first kappa shape index (κ1) is 27.4. The lowest BCUT2D eigenvalue weighted by Gasteiger charge is -2.12. The summed E-state index contributed by atoms with van der Waals surface area (Å²) in [6.45, 7) is -0.141. The van der Waals surface area contributed by atoms with E-state index in [0.29, 0.717) is 21.5 Å². The fourth-order valence-corrected chi connectivity index (χ4v) is 3.67. The van der Waals surface area contributed by atoms with Crippen LogP contribution >= 0.6 is 15.9 Å². The van der Waals surface area contributed by atoms with Crippen LogP contribution in [0.4, 0.5) is 10.1 Å². The fourth-order valence-electron chi connectivity index (χ4n) is 3.33. The van der Waals surface area contributed by atoms with Crippen molar-refractivity contribution in [3.63, 3.8) is 0 Å². The summed E-state index contributed by atoms with van der Waals surface area (Å²) in [7, 11) is 1.41. The second-order valence-electron chi connectivity index (χ2n) is 7.94. The third-order valence-electron chi connectivity index (χ3n) is 5.23. The summed E-state index contributed by atoms with van der Waals surface area (Å²) in [6.07, 6.45) is 1.30. The van der Waals surface area contributed by atoms with Crippen LogP contribution in [0.2, 0.25) is 0 Å². The molecule has 0 radical (unpaired) electrons. The molecule has 3 N–H and O–H groups in total. The molecule has 13 heteroatoms. The SMILES string of the molecule is COc1cc(/C=N\NC(=O)C(=O)NCc2ccc3c(c2)OCO3)ccc1OCC(=O)Nc1ccc(Br)cc1F. The maximum Gasteiger partial charge on any atom is 0.329 e. The molecule has 0 saturated carbocycles. The molecule has 0 saturated heterocycles. The topological polar surface area (TPSA) is 137 Å². The number of carbonyl (C=O) groups is 3. The predicted octanol–water partition coefficient (Wildman–Crippen LogP) is 3.11. The zero-order valence-corrected chi connectivity index (χ0v) is 22.0. The maximum absolute atomic E-state index is 13.9. The highest BCUT2D eigenvalue weighted by Crippen LogP contribution is 2.32. The predicted molar refractivity (Wildman–Crippen MR) is 141 cm³/mol. The molecule has 4 rings (SSSR count). The van der Waals surface area contributed by atoms with Crippen molar-refractivity contribution in [1.29, 1.82) is 0 Å². The largest absolute Gasteiger partial charge is 0.493 e. The minimum absolute atomic E-state index is 0.0222. The first-order chi connectivity index (χ1) is 18.8. The number of halogens is 2. The molecule has 1 aliphatic rings. The Morgan fingerprint density at radius 2 is 1.85 bits per heavy atom. The molecule has 1 aliphatic heterocycles. The Labute approximate surface area is 230 Å². The van der Waals surface area contributed by atoms with Gasteiger partial charge in [0.15, 0.2) is 29.6 Å². The molecule has 202 valence electrons. The van der Waals surface area contributed by atoms with Crippen LogP contribution in [-0.2, 0) is 20.9 Å². The summed E-state index contributed by atoms with van der Waals surface area (Å²) in [5, 5.41) is 8.71. The van der Waals surface area contributed by atoms with Crippen LogP contribution in [0.1, 0.15) is 11.1 Å². The van der Waals surface area contributed by atoms with E-state index in [-0.39, 0.29) is 30.5 Å². The normalized spacial score (nSPS) is 11.7. The summed E-state index contributed by atoms with van der Waals surface area (Å²) < 4.78 is 35.7. The van der Waals surface area contributed by atoms with E-state index >= 15 is 0 Å². The Hall–Kier alpha value is -4.65. The number of methoxy groups -OCH3 is 1. The van der Waals surface area contributed by atoms with Crippen molar-refractivity contribution >= 4 is 45.6 Å². The van der Waals surface area contributed by atoms with Crippen LogP contribution < -0.4 is 35.0 Å². The second-order valence-corrected chi connectivity index (χ2v) is 8.86. The number of rotatable bonds is 9. The molecule has 0 aromatic heterocycles.